The molecule has 0 aromatic heterocycles. The lowest BCUT2D eigenvalue weighted by Crippen LogP contribution is -2.29. The zero-order chi connectivity index (χ0) is 8.43. The summed E-state index contributed by atoms with van der Waals surface area (Å²) in [6.07, 6.45) is -1.25. The fourth-order valence-electron chi connectivity index (χ4n) is 0.973. The fourth-order valence-corrected chi connectivity index (χ4v) is 0.973. The minimum atomic E-state index is -1.25. The van der Waals surface area contributed by atoms with Gasteiger partial charge in [0.2, 0.25) is 5.91 Å². The van der Waals surface area contributed by atoms with Crippen LogP contribution >= 0.6 is 0 Å². The number of aliphatic hydroxyl groups excluding tert-OH is 1. The van der Waals surface area contributed by atoms with E-state index in [0.29, 0.717) is 0 Å². The van der Waals surface area contributed by atoms with Crippen LogP contribution in [0.5, 0.6) is 0 Å². The summed E-state index contributed by atoms with van der Waals surface area (Å²) in [5, 5.41) is 11.4. The normalized spacial score (nSPS) is 29.8. The van der Waals surface area contributed by atoms with Crippen molar-refractivity contribution < 1.29 is 19.4 Å². The Balaban J connectivity index is 2.61. The lowest BCUT2D eigenvalue weighted by molar-refractivity contribution is -0.149. The van der Waals surface area contributed by atoms with Crippen molar-refractivity contribution in [3.8, 4) is 0 Å². The molecule has 0 saturated carbocycles. The van der Waals surface area contributed by atoms with Gasteiger partial charge in [-0.3, -0.25) is 9.59 Å². The zero-order valence-corrected chi connectivity index (χ0v) is 6.03. The van der Waals surface area contributed by atoms with Crippen LogP contribution in [0.1, 0.15) is 0 Å². The van der Waals surface area contributed by atoms with Gasteiger partial charge in [-0.15, -0.1) is 0 Å². The Morgan fingerprint density at radius 2 is 2.45 bits per heavy atom. The number of nitrogens with one attached hydrogen (secondary N) is 1. The van der Waals surface area contributed by atoms with Crippen molar-refractivity contribution in [3.63, 3.8) is 0 Å². The van der Waals surface area contributed by atoms with Crippen LogP contribution < -0.4 is 5.32 Å². The molecule has 1 saturated heterocycles. The molecule has 1 aliphatic rings. The molecule has 0 radical (unpaired) electrons. The molecule has 1 aliphatic heterocycles. The highest BCUT2D eigenvalue weighted by molar-refractivity contribution is 5.90. The molecule has 11 heavy (non-hydrogen) atoms. The van der Waals surface area contributed by atoms with Gasteiger partial charge >= 0.3 is 5.97 Å². The van der Waals surface area contributed by atoms with Gasteiger partial charge in [0.05, 0.1) is 7.11 Å². The number of rotatable bonds is 1. The molecule has 0 aromatic rings. The first-order valence-corrected chi connectivity index (χ1v) is 3.20. The molecule has 5 heteroatoms. The van der Waals surface area contributed by atoms with Crippen molar-refractivity contribution in [2.24, 2.45) is 5.92 Å². The third kappa shape index (κ3) is 1.32. The standard InChI is InChI=1S/C6H9NO4/c1-11-6(10)3-2-7-5(9)4(3)8/h3-4,8H,2H2,1H3,(H,7,9)/t3-,4-/m0/s1. The van der Waals surface area contributed by atoms with Gasteiger partial charge in [0.25, 0.3) is 0 Å². The number of esters is 1. The van der Waals surface area contributed by atoms with Crippen LogP contribution in [-0.2, 0) is 14.3 Å². The number of hydrogen-bond donors (Lipinski definition) is 2. The summed E-state index contributed by atoms with van der Waals surface area (Å²) in [6.45, 7) is 0.159. The minimum Gasteiger partial charge on any atom is -0.469 e. The summed E-state index contributed by atoms with van der Waals surface area (Å²) in [5.74, 6) is -1.82. The maximum atomic E-state index is 10.8. The first-order chi connectivity index (χ1) is 5.16. The zero-order valence-electron chi connectivity index (χ0n) is 6.03. The van der Waals surface area contributed by atoms with E-state index in [1.54, 1.807) is 0 Å². The molecule has 2 atom stereocenters. The number of carbonyl (C=O) groups is 2. The molecule has 2 N–H and O–H groups in total. The highest BCUT2D eigenvalue weighted by Crippen LogP contribution is 2.10. The highest BCUT2D eigenvalue weighted by Gasteiger charge is 2.38. The van der Waals surface area contributed by atoms with Gasteiger partial charge in [0.1, 0.15) is 12.0 Å². The molecule has 0 aromatic carbocycles. The van der Waals surface area contributed by atoms with Gasteiger partial charge in [0.15, 0.2) is 0 Å². The molecule has 0 bridgehead atoms. The average Bonchev–Trinajstić information content (AvgIpc) is 2.32. The molecule has 1 fully saturated rings. The first-order valence-electron chi connectivity index (χ1n) is 3.20. The number of hydrogen-bond acceptors (Lipinski definition) is 4. The van der Waals surface area contributed by atoms with Crippen molar-refractivity contribution in [1.29, 1.82) is 0 Å². The predicted molar refractivity (Wildman–Crippen MR) is 34.5 cm³/mol. The molecule has 5 nitrogen and oxygen atoms in total. The number of methoxy groups -OCH3 is 1. The van der Waals surface area contributed by atoms with Crippen LogP contribution in [0.15, 0.2) is 0 Å². The van der Waals surface area contributed by atoms with E-state index in [0.717, 1.165) is 0 Å². The van der Waals surface area contributed by atoms with Crippen molar-refractivity contribution in [1.82, 2.24) is 5.32 Å². The van der Waals surface area contributed by atoms with E-state index in [1.807, 2.05) is 0 Å². The van der Waals surface area contributed by atoms with Crippen LogP contribution in [0.2, 0.25) is 0 Å². The van der Waals surface area contributed by atoms with Crippen LogP contribution in [0.3, 0.4) is 0 Å². The molecular formula is C6H9NO4. The van der Waals surface area contributed by atoms with Crippen LogP contribution in [0.25, 0.3) is 0 Å². The van der Waals surface area contributed by atoms with E-state index in [2.05, 4.69) is 10.1 Å². The Bertz CT molecular complexity index is 191. The number of ether oxygens (including phenoxy) is 1. The largest absolute Gasteiger partial charge is 0.469 e. The second-order valence-electron chi connectivity index (χ2n) is 2.32. The van der Waals surface area contributed by atoms with Crippen molar-refractivity contribution in [2.45, 2.75) is 6.10 Å². The van der Waals surface area contributed by atoms with E-state index >= 15 is 0 Å². The van der Waals surface area contributed by atoms with Crippen molar-refractivity contribution >= 4 is 11.9 Å². The highest BCUT2D eigenvalue weighted by atomic mass is 16.5. The summed E-state index contributed by atoms with van der Waals surface area (Å²) in [6, 6.07) is 0. The van der Waals surface area contributed by atoms with Crippen molar-refractivity contribution in [3.05, 3.63) is 0 Å². The van der Waals surface area contributed by atoms with Gasteiger partial charge in [0, 0.05) is 6.54 Å². The number of amides is 1. The SMILES string of the molecule is COC(=O)[C@H]1CNC(=O)[C@H]1O. The Labute approximate surface area is 63.3 Å². The van der Waals surface area contributed by atoms with E-state index in [4.69, 9.17) is 5.11 Å². The van der Waals surface area contributed by atoms with Gasteiger partial charge < -0.3 is 15.2 Å². The predicted octanol–water partition coefficient (Wildman–Crippen LogP) is -1.73. The average molecular weight is 159 g/mol. The van der Waals surface area contributed by atoms with Gasteiger partial charge in [-0.1, -0.05) is 0 Å². The molecular weight excluding hydrogens is 150 g/mol. The van der Waals surface area contributed by atoms with Crippen LogP contribution in [-0.4, -0.2) is 36.7 Å². The third-order valence-corrected chi connectivity index (χ3v) is 1.65. The molecule has 1 heterocycles. The summed E-state index contributed by atoms with van der Waals surface area (Å²) >= 11 is 0. The van der Waals surface area contributed by atoms with Gasteiger partial charge in [-0.25, -0.2) is 0 Å². The molecule has 1 amide bonds. The quantitative estimate of drug-likeness (QED) is 0.445. The summed E-state index contributed by atoms with van der Waals surface area (Å²) in [5.41, 5.74) is 0. The van der Waals surface area contributed by atoms with E-state index < -0.39 is 23.9 Å². The van der Waals surface area contributed by atoms with Gasteiger partial charge in [-0.2, -0.15) is 0 Å². The molecule has 1 rings (SSSR count). The molecule has 62 valence electrons. The number of aliphatic hydroxyl groups is 1. The van der Waals surface area contributed by atoms with Gasteiger partial charge in [-0.05, 0) is 0 Å². The second kappa shape index (κ2) is 2.87. The van der Waals surface area contributed by atoms with Crippen molar-refractivity contribution in [2.75, 3.05) is 13.7 Å². The summed E-state index contributed by atoms with van der Waals surface area (Å²) in [4.78, 5) is 21.4. The third-order valence-electron chi connectivity index (χ3n) is 1.65. The summed E-state index contributed by atoms with van der Waals surface area (Å²) in [7, 11) is 1.22. The van der Waals surface area contributed by atoms with Crippen LogP contribution in [0.4, 0.5) is 0 Å². The summed E-state index contributed by atoms with van der Waals surface area (Å²) < 4.78 is 4.36. The van der Waals surface area contributed by atoms with E-state index in [-0.39, 0.29) is 6.54 Å². The Morgan fingerprint density at radius 1 is 1.82 bits per heavy atom. The second-order valence-corrected chi connectivity index (χ2v) is 2.32. The lowest BCUT2D eigenvalue weighted by Gasteiger charge is -2.07. The maximum absolute atomic E-state index is 10.8. The Morgan fingerprint density at radius 3 is 2.82 bits per heavy atom. The van der Waals surface area contributed by atoms with E-state index in [1.165, 1.54) is 7.11 Å². The Kier molecular flexibility index (Phi) is 2.09. The fraction of sp³-hybridized carbons (Fsp3) is 0.667. The lowest BCUT2D eigenvalue weighted by atomic mass is 10.1. The molecule has 0 unspecified atom stereocenters. The van der Waals surface area contributed by atoms with Crippen LogP contribution in [0, 0.1) is 5.92 Å². The smallest absolute Gasteiger partial charge is 0.313 e. The maximum Gasteiger partial charge on any atom is 0.313 e. The first kappa shape index (κ1) is 8.00. The minimum absolute atomic E-state index is 0.159. The molecule has 0 aliphatic carbocycles. The number of carbonyl (C=O) groups excluding carboxylic acids is 2. The molecule has 0 spiro atoms. The van der Waals surface area contributed by atoms with E-state index in [9.17, 15) is 9.59 Å². The topological polar surface area (TPSA) is 75.6 Å². The monoisotopic (exact) mass is 159 g/mol. The Hall–Kier alpha value is -1.10.